The Morgan fingerprint density at radius 2 is 2.24 bits per heavy atom. The van der Waals surface area contributed by atoms with Crippen LogP contribution in [-0.2, 0) is 9.59 Å². The summed E-state index contributed by atoms with van der Waals surface area (Å²) in [5.74, 6) is -0.278. The second-order valence-corrected chi connectivity index (χ2v) is 6.46. The lowest BCUT2D eigenvalue weighted by atomic mass is 9.94. The zero-order chi connectivity index (χ0) is 16.0. The first-order valence-corrected chi connectivity index (χ1v) is 7.90. The summed E-state index contributed by atoms with van der Waals surface area (Å²) >= 11 is 7.17. The van der Waals surface area contributed by atoms with Crippen molar-refractivity contribution in [3.8, 4) is 0 Å². The van der Waals surface area contributed by atoms with Gasteiger partial charge < -0.3 is 10.2 Å². The molecule has 0 aliphatic rings. The van der Waals surface area contributed by atoms with Crippen molar-refractivity contribution in [2.45, 2.75) is 20.8 Å². The Kier molecular flexibility index (Phi) is 6.36. The summed E-state index contributed by atoms with van der Waals surface area (Å²) in [5, 5.41) is 5.06. The van der Waals surface area contributed by atoms with Crippen LogP contribution in [0.15, 0.2) is 18.0 Å². The molecule has 0 fully saturated rings. The Labute approximate surface area is 134 Å². The minimum Gasteiger partial charge on any atom is -0.329 e. The van der Waals surface area contributed by atoms with E-state index in [9.17, 15) is 9.59 Å². The molecule has 1 N–H and O–H groups in total. The van der Waals surface area contributed by atoms with Crippen LogP contribution in [0.5, 0.6) is 0 Å². The van der Waals surface area contributed by atoms with Gasteiger partial charge in [-0.2, -0.15) is 0 Å². The van der Waals surface area contributed by atoms with E-state index in [1.807, 2.05) is 12.3 Å². The maximum atomic E-state index is 12.4. The first-order valence-electron chi connectivity index (χ1n) is 6.48. The van der Waals surface area contributed by atoms with E-state index in [4.69, 9.17) is 11.6 Å². The molecular weight excluding hydrogens is 310 g/mol. The Balaban J connectivity index is 2.71. The van der Waals surface area contributed by atoms with E-state index in [1.54, 1.807) is 19.9 Å². The summed E-state index contributed by atoms with van der Waals surface area (Å²) in [7, 11) is 0. The lowest BCUT2D eigenvalue weighted by Gasteiger charge is -2.29. The standard InChI is InChI=1S/C14H20ClN3O2S/c1-5-6-18(12(20)14(3,4)9-15)7-11(19)17-13-16-10(2)8-21-13/h5,8H,1,6-7,9H2,2-4H3,(H,16,17,19). The number of carbonyl (C=O) groups is 2. The Hall–Kier alpha value is -1.40. The van der Waals surface area contributed by atoms with Gasteiger partial charge in [0.15, 0.2) is 5.13 Å². The molecule has 0 aliphatic carbocycles. The lowest BCUT2D eigenvalue weighted by molar-refractivity contribution is -0.141. The van der Waals surface area contributed by atoms with Gasteiger partial charge in [-0.3, -0.25) is 9.59 Å². The van der Waals surface area contributed by atoms with E-state index >= 15 is 0 Å². The fourth-order valence-corrected chi connectivity index (χ4v) is 2.42. The number of nitrogens with one attached hydrogen (secondary N) is 1. The van der Waals surface area contributed by atoms with Crippen LogP contribution in [0.25, 0.3) is 0 Å². The van der Waals surface area contributed by atoms with Crippen molar-refractivity contribution in [2.24, 2.45) is 5.41 Å². The summed E-state index contributed by atoms with van der Waals surface area (Å²) in [5.41, 5.74) is 0.125. The van der Waals surface area contributed by atoms with E-state index in [1.165, 1.54) is 16.2 Å². The molecule has 0 saturated heterocycles. The molecule has 0 bridgehead atoms. The molecule has 1 heterocycles. The number of anilines is 1. The normalized spacial score (nSPS) is 11.0. The molecule has 1 aromatic rings. The molecule has 5 nitrogen and oxygen atoms in total. The summed E-state index contributed by atoms with van der Waals surface area (Å²) in [6.07, 6.45) is 1.59. The first kappa shape index (κ1) is 17.7. The molecule has 0 radical (unpaired) electrons. The van der Waals surface area contributed by atoms with E-state index in [0.29, 0.717) is 11.7 Å². The van der Waals surface area contributed by atoms with Gasteiger partial charge in [0.1, 0.15) is 6.54 Å². The van der Waals surface area contributed by atoms with Crippen molar-refractivity contribution in [1.82, 2.24) is 9.88 Å². The summed E-state index contributed by atoms with van der Waals surface area (Å²) in [6, 6.07) is 0. The van der Waals surface area contributed by atoms with Crippen molar-refractivity contribution in [2.75, 3.05) is 24.3 Å². The summed E-state index contributed by atoms with van der Waals surface area (Å²) in [4.78, 5) is 30.0. The van der Waals surface area contributed by atoms with Crippen molar-refractivity contribution in [1.29, 1.82) is 0 Å². The number of alkyl halides is 1. The molecule has 116 valence electrons. The molecule has 0 saturated carbocycles. The molecule has 0 aromatic carbocycles. The maximum Gasteiger partial charge on any atom is 0.245 e. The second kappa shape index (κ2) is 7.56. The van der Waals surface area contributed by atoms with Crippen molar-refractivity contribution in [3.05, 3.63) is 23.7 Å². The molecule has 2 amide bonds. The number of aromatic nitrogens is 1. The van der Waals surface area contributed by atoms with E-state index in [-0.39, 0.29) is 24.2 Å². The monoisotopic (exact) mass is 329 g/mol. The third-order valence-corrected chi connectivity index (χ3v) is 4.29. The quantitative estimate of drug-likeness (QED) is 0.618. The largest absolute Gasteiger partial charge is 0.329 e. The van der Waals surface area contributed by atoms with Crippen LogP contribution in [0, 0.1) is 12.3 Å². The molecule has 1 rings (SSSR count). The summed E-state index contributed by atoms with van der Waals surface area (Å²) in [6.45, 7) is 9.21. The minimum absolute atomic E-state index is 0.0518. The van der Waals surface area contributed by atoms with Crippen LogP contribution in [0.1, 0.15) is 19.5 Å². The van der Waals surface area contributed by atoms with Crippen LogP contribution in [0.2, 0.25) is 0 Å². The molecular formula is C14H20ClN3O2S. The van der Waals surface area contributed by atoms with Crippen LogP contribution >= 0.6 is 22.9 Å². The zero-order valence-corrected chi connectivity index (χ0v) is 14.1. The number of rotatable bonds is 7. The predicted molar refractivity (Wildman–Crippen MR) is 86.8 cm³/mol. The van der Waals surface area contributed by atoms with Gasteiger partial charge in [-0.25, -0.2) is 4.98 Å². The van der Waals surface area contributed by atoms with Gasteiger partial charge in [0.25, 0.3) is 0 Å². The Bertz CT molecular complexity index is 528. The first-order chi connectivity index (χ1) is 9.80. The number of hydrogen-bond donors (Lipinski definition) is 1. The third-order valence-electron chi connectivity index (χ3n) is 2.75. The highest BCUT2D eigenvalue weighted by Crippen LogP contribution is 2.21. The molecule has 0 atom stereocenters. The van der Waals surface area contributed by atoms with Gasteiger partial charge in [0.2, 0.25) is 11.8 Å². The average Bonchev–Trinajstić information content (AvgIpc) is 2.82. The highest BCUT2D eigenvalue weighted by molar-refractivity contribution is 7.13. The molecule has 0 unspecified atom stereocenters. The molecule has 0 spiro atoms. The molecule has 21 heavy (non-hydrogen) atoms. The number of halogens is 1. The van der Waals surface area contributed by atoms with E-state index < -0.39 is 5.41 Å². The minimum atomic E-state index is -0.720. The summed E-state index contributed by atoms with van der Waals surface area (Å²) < 4.78 is 0. The number of amides is 2. The highest BCUT2D eigenvalue weighted by Gasteiger charge is 2.31. The predicted octanol–water partition coefficient (Wildman–Crippen LogP) is 2.67. The maximum absolute atomic E-state index is 12.4. The van der Waals surface area contributed by atoms with Crippen LogP contribution in [-0.4, -0.2) is 40.7 Å². The fraction of sp³-hybridized carbons (Fsp3) is 0.500. The van der Waals surface area contributed by atoms with Crippen LogP contribution in [0.3, 0.4) is 0 Å². The van der Waals surface area contributed by atoms with Gasteiger partial charge in [0.05, 0.1) is 11.1 Å². The van der Waals surface area contributed by atoms with Crippen LogP contribution < -0.4 is 5.32 Å². The molecule has 1 aromatic heterocycles. The number of aryl methyl sites for hydroxylation is 1. The van der Waals surface area contributed by atoms with Crippen molar-refractivity contribution < 1.29 is 9.59 Å². The molecule has 0 aliphatic heterocycles. The number of thiazole rings is 1. The van der Waals surface area contributed by atoms with Crippen molar-refractivity contribution in [3.63, 3.8) is 0 Å². The number of nitrogens with zero attached hydrogens (tertiary/aromatic N) is 2. The molecule has 7 heteroatoms. The van der Waals surface area contributed by atoms with E-state index in [2.05, 4.69) is 16.9 Å². The Morgan fingerprint density at radius 1 is 1.57 bits per heavy atom. The van der Waals surface area contributed by atoms with Gasteiger partial charge >= 0.3 is 0 Å². The van der Waals surface area contributed by atoms with Crippen molar-refractivity contribution >= 4 is 39.9 Å². The smallest absolute Gasteiger partial charge is 0.245 e. The topological polar surface area (TPSA) is 62.3 Å². The van der Waals surface area contributed by atoms with Gasteiger partial charge in [-0.05, 0) is 20.8 Å². The lowest BCUT2D eigenvalue weighted by Crippen LogP contribution is -2.45. The highest BCUT2D eigenvalue weighted by atomic mass is 35.5. The average molecular weight is 330 g/mol. The number of hydrogen-bond acceptors (Lipinski definition) is 4. The zero-order valence-electron chi connectivity index (χ0n) is 12.5. The van der Waals surface area contributed by atoms with E-state index in [0.717, 1.165) is 5.69 Å². The second-order valence-electron chi connectivity index (χ2n) is 5.33. The Morgan fingerprint density at radius 3 is 2.71 bits per heavy atom. The fourth-order valence-electron chi connectivity index (χ4n) is 1.60. The van der Waals surface area contributed by atoms with Gasteiger partial charge in [-0.15, -0.1) is 29.5 Å². The van der Waals surface area contributed by atoms with Gasteiger partial charge in [-0.1, -0.05) is 6.08 Å². The van der Waals surface area contributed by atoms with Gasteiger partial charge in [0, 0.05) is 17.8 Å². The third kappa shape index (κ3) is 5.13. The van der Waals surface area contributed by atoms with Crippen LogP contribution in [0.4, 0.5) is 5.13 Å². The SMILES string of the molecule is C=CCN(CC(=O)Nc1nc(C)cs1)C(=O)C(C)(C)CCl. The number of carbonyl (C=O) groups excluding carboxylic acids is 2.